The quantitative estimate of drug-likeness (QED) is 0.725. The van der Waals surface area contributed by atoms with Gasteiger partial charge >= 0.3 is 0 Å². The van der Waals surface area contributed by atoms with Gasteiger partial charge in [0.05, 0.1) is 0 Å². The number of nitrogens with zero attached hydrogens (tertiary/aromatic N) is 2. The lowest BCUT2D eigenvalue weighted by atomic mass is 10.1. The standard InChI is InChI=1S/C17H24BrN3/c1-3-5-17-20-9-10-21(17)13-15-7-6-14(11-16(15)18)12-19-8-4-2/h6-7,9-11,19H,3-5,8,12-13H2,1-2H3. The molecule has 0 saturated heterocycles. The maximum atomic E-state index is 4.44. The highest BCUT2D eigenvalue weighted by Crippen LogP contribution is 2.20. The zero-order valence-electron chi connectivity index (χ0n) is 12.9. The van der Waals surface area contributed by atoms with Gasteiger partial charge in [-0.05, 0) is 36.6 Å². The minimum atomic E-state index is 0.874. The summed E-state index contributed by atoms with van der Waals surface area (Å²) in [5.41, 5.74) is 2.61. The Bertz CT molecular complexity index is 563. The fourth-order valence-corrected chi connectivity index (χ4v) is 2.91. The molecule has 1 N–H and O–H groups in total. The van der Waals surface area contributed by atoms with E-state index >= 15 is 0 Å². The summed E-state index contributed by atoms with van der Waals surface area (Å²) in [5, 5.41) is 3.43. The molecule has 0 bridgehead atoms. The number of hydrogen-bond acceptors (Lipinski definition) is 2. The molecular weight excluding hydrogens is 326 g/mol. The second kappa shape index (κ2) is 8.35. The molecule has 1 aromatic carbocycles. The molecule has 3 nitrogen and oxygen atoms in total. The third kappa shape index (κ3) is 4.68. The molecule has 114 valence electrons. The first-order chi connectivity index (χ1) is 10.2. The van der Waals surface area contributed by atoms with Gasteiger partial charge in [0, 0.05) is 36.4 Å². The molecule has 0 radical (unpaired) electrons. The third-order valence-corrected chi connectivity index (χ3v) is 4.23. The molecule has 4 heteroatoms. The second-order valence-electron chi connectivity index (χ2n) is 5.32. The van der Waals surface area contributed by atoms with Crippen LogP contribution in [0.25, 0.3) is 0 Å². The van der Waals surface area contributed by atoms with Crippen LogP contribution in [0, 0.1) is 0 Å². The van der Waals surface area contributed by atoms with Gasteiger partial charge in [0.25, 0.3) is 0 Å². The van der Waals surface area contributed by atoms with Crippen LogP contribution in [-0.4, -0.2) is 16.1 Å². The fraction of sp³-hybridized carbons (Fsp3) is 0.471. The summed E-state index contributed by atoms with van der Waals surface area (Å²) >= 11 is 3.70. The Balaban J connectivity index is 2.05. The number of halogens is 1. The lowest BCUT2D eigenvalue weighted by Crippen LogP contribution is -2.14. The Morgan fingerprint density at radius 2 is 2.10 bits per heavy atom. The van der Waals surface area contributed by atoms with E-state index in [9.17, 15) is 0 Å². The van der Waals surface area contributed by atoms with Gasteiger partial charge in [0.1, 0.15) is 5.82 Å². The largest absolute Gasteiger partial charge is 0.330 e. The molecule has 0 saturated carbocycles. The van der Waals surface area contributed by atoms with Crippen molar-refractivity contribution in [2.45, 2.75) is 46.2 Å². The van der Waals surface area contributed by atoms with Crippen LogP contribution in [0.3, 0.4) is 0 Å². The molecule has 0 aliphatic carbocycles. The minimum absolute atomic E-state index is 0.874. The Labute approximate surface area is 135 Å². The molecule has 1 heterocycles. The van der Waals surface area contributed by atoms with Crippen molar-refractivity contribution in [2.24, 2.45) is 0 Å². The van der Waals surface area contributed by atoms with Gasteiger partial charge in [0.15, 0.2) is 0 Å². The van der Waals surface area contributed by atoms with Crippen LogP contribution >= 0.6 is 15.9 Å². The molecule has 2 aromatic rings. The Kier molecular flexibility index (Phi) is 6.46. The summed E-state index contributed by atoms with van der Waals surface area (Å²) < 4.78 is 3.41. The molecule has 0 unspecified atom stereocenters. The van der Waals surface area contributed by atoms with Crippen LogP contribution in [0.5, 0.6) is 0 Å². The van der Waals surface area contributed by atoms with Gasteiger partial charge in [-0.15, -0.1) is 0 Å². The fourth-order valence-electron chi connectivity index (χ4n) is 2.36. The number of aryl methyl sites for hydroxylation is 1. The van der Waals surface area contributed by atoms with Crippen LogP contribution in [0.4, 0.5) is 0 Å². The number of imidazole rings is 1. The van der Waals surface area contributed by atoms with Gasteiger partial charge in [-0.25, -0.2) is 4.98 Å². The minimum Gasteiger partial charge on any atom is -0.330 e. The summed E-state index contributed by atoms with van der Waals surface area (Å²) in [6.07, 6.45) is 7.28. The molecule has 0 aliphatic heterocycles. The van der Waals surface area contributed by atoms with Crippen LogP contribution in [0.1, 0.15) is 43.6 Å². The highest BCUT2D eigenvalue weighted by Gasteiger charge is 2.06. The van der Waals surface area contributed by atoms with Gasteiger partial charge in [-0.1, -0.05) is 41.9 Å². The highest BCUT2D eigenvalue weighted by molar-refractivity contribution is 9.10. The van der Waals surface area contributed by atoms with Gasteiger partial charge in [0.2, 0.25) is 0 Å². The SMILES string of the molecule is CCCNCc1ccc(Cn2ccnc2CCC)c(Br)c1. The Hall–Kier alpha value is -1.13. The predicted molar refractivity (Wildman–Crippen MR) is 91.5 cm³/mol. The van der Waals surface area contributed by atoms with Crippen molar-refractivity contribution in [3.63, 3.8) is 0 Å². The molecule has 1 aromatic heterocycles. The summed E-state index contributed by atoms with van der Waals surface area (Å²) in [6, 6.07) is 6.64. The molecule has 0 amide bonds. The van der Waals surface area contributed by atoms with E-state index < -0.39 is 0 Å². The average molecular weight is 350 g/mol. The maximum Gasteiger partial charge on any atom is 0.108 e. The van der Waals surface area contributed by atoms with Gasteiger partial charge < -0.3 is 9.88 Å². The summed E-state index contributed by atoms with van der Waals surface area (Å²) in [7, 11) is 0. The number of hydrogen-bond donors (Lipinski definition) is 1. The molecular formula is C17H24BrN3. The van der Waals surface area contributed by atoms with E-state index in [4.69, 9.17) is 0 Å². The van der Waals surface area contributed by atoms with Crippen LogP contribution in [0.2, 0.25) is 0 Å². The van der Waals surface area contributed by atoms with Crippen LogP contribution < -0.4 is 5.32 Å². The van der Waals surface area contributed by atoms with E-state index in [-0.39, 0.29) is 0 Å². The molecule has 2 rings (SSSR count). The normalized spacial score (nSPS) is 11.0. The highest BCUT2D eigenvalue weighted by atomic mass is 79.9. The number of rotatable bonds is 8. The number of benzene rings is 1. The average Bonchev–Trinajstić information content (AvgIpc) is 2.90. The Morgan fingerprint density at radius 3 is 2.81 bits per heavy atom. The summed E-state index contributed by atoms with van der Waals surface area (Å²) in [6.45, 7) is 7.24. The first kappa shape index (κ1) is 16.2. The Morgan fingerprint density at radius 1 is 1.24 bits per heavy atom. The lowest BCUT2D eigenvalue weighted by molar-refractivity contribution is 0.674. The van der Waals surface area contributed by atoms with E-state index in [0.717, 1.165) is 38.3 Å². The zero-order chi connectivity index (χ0) is 15.1. The van der Waals surface area contributed by atoms with E-state index in [2.05, 4.69) is 69.0 Å². The lowest BCUT2D eigenvalue weighted by Gasteiger charge is -2.11. The smallest absolute Gasteiger partial charge is 0.108 e. The van der Waals surface area contributed by atoms with E-state index in [1.54, 1.807) is 0 Å². The third-order valence-electron chi connectivity index (χ3n) is 3.49. The van der Waals surface area contributed by atoms with E-state index in [1.165, 1.54) is 22.0 Å². The van der Waals surface area contributed by atoms with E-state index in [1.807, 2.05) is 6.20 Å². The number of nitrogens with one attached hydrogen (secondary N) is 1. The van der Waals surface area contributed by atoms with Crippen molar-refractivity contribution in [1.82, 2.24) is 14.9 Å². The second-order valence-corrected chi connectivity index (χ2v) is 6.18. The molecule has 0 spiro atoms. The van der Waals surface area contributed by atoms with Gasteiger partial charge in [-0.2, -0.15) is 0 Å². The monoisotopic (exact) mass is 349 g/mol. The van der Waals surface area contributed by atoms with E-state index in [0.29, 0.717) is 0 Å². The van der Waals surface area contributed by atoms with Crippen molar-refractivity contribution in [3.05, 3.63) is 52.0 Å². The first-order valence-corrected chi connectivity index (χ1v) is 8.52. The summed E-state index contributed by atoms with van der Waals surface area (Å²) in [5.74, 6) is 1.16. The van der Waals surface area contributed by atoms with Crippen LogP contribution in [0.15, 0.2) is 35.1 Å². The first-order valence-electron chi connectivity index (χ1n) is 7.72. The molecule has 0 aliphatic rings. The van der Waals surface area contributed by atoms with Crippen molar-refractivity contribution in [1.29, 1.82) is 0 Å². The van der Waals surface area contributed by atoms with Crippen molar-refractivity contribution >= 4 is 15.9 Å². The van der Waals surface area contributed by atoms with Crippen molar-refractivity contribution < 1.29 is 0 Å². The maximum absolute atomic E-state index is 4.44. The number of aromatic nitrogens is 2. The van der Waals surface area contributed by atoms with Crippen LogP contribution in [-0.2, 0) is 19.5 Å². The van der Waals surface area contributed by atoms with Gasteiger partial charge in [-0.3, -0.25) is 0 Å². The van der Waals surface area contributed by atoms with Crippen molar-refractivity contribution in [2.75, 3.05) is 6.54 Å². The van der Waals surface area contributed by atoms with Crippen molar-refractivity contribution in [3.8, 4) is 0 Å². The zero-order valence-corrected chi connectivity index (χ0v) is 14.5. The molecule has 0 fully saturated rings. The topological polar surface area (TPSA) is 29.9 Å². The molecule has 21 heavy (non-hydrogen) atoms. The predicted octanol–water partition coefficient (Wildman–Crippen LogP) is 4.15. The summed E-state index contributed by atoms with van der Waals surface area (Å²) in [4.78, 5) is 4.44. The molecule has 0 atom stereocenters.